The largest absolute Gasteiger partial charge is 0.489 e. The van der Waals surface area contributed by atoms with Crippen LogP contribution in [-0.2, 0) is 0 Å². The van der Waals surface area contributed by atoms with Gasteiger partial charge < -0.3 is 10.5 Å². The zero-order valence-corrected chi connectivity index (χ0v) is 9.86. The number of rotatable bonds is 3. The Morgan fingerprint density at radius 2 is 2.12 bits per heavy atom. The van der Waals surface area contributed by atoms with E-state index in [1.54, 1.807) is 12.4 Å². The molecule has 84 valence electrons. The van der Waals surface area contributed by atoms with Crippen LogP contribution in [0.15, 0.2) is 18.5 Å². The van der Waals surface area contributed by atoms with Gasteiger partial charge in [-0.3, -0.25) is 4.98 Å². The highest BCUT2D eigenvalue weighted by molar-refractivity contribution is 7.18. The average molecular weight is 236 g/mol. The number of aromatic nitrogens is 3. The number of anilines is 1. The van der Waals surface area contributed by atoms with Gasteiger partial charge in [0.05, 0.1) is 12.3 Å². The summed E-state index contributed by atoms with van der Waals surface area (Å²) >= 11 is 1.33. The molecule has 2 N–H and O–H groups in total. The summed E-state index contributed by atoms with van der Waals surface area (Å²) < 4.78 is 5.55. The van der Waals surface area contributed by atoms with E-state index >= 15 is 0 Å². The molecule has 2 rings (SSSR count). The van der Waals surface area contributed by atoms with E-state index < -0.39 is 0 Å². The van der Waals surface area contributed by atoms with Gasteiger partial charge in [0, 0.05) is 11.8 Å². The molecule has 0 aromatic carbocycles. The van der Waals surface area contributed by atoms with Gasteiger partial charge in [0.1, 0.15) is 5.75 Å². The van der Waals surface area contributed by atoms with E-state index in [0.29, 0.717) is 5.13 Å². The van der Waals surface area contributed by atoms with Crippen LogP contribution in [0.25, 0.3) is 10.6 Å². The second-order valence-corrected chi connectivity index (χ2v) is 4.53. The molecule has 16 heavy (non-hydrogen) atoms. The van der Waals surface area contributed by atoms with Gasteiger partial charge in [0.2, 0.25) is 5.13 Å². The second kappa shape index (κ2) is 4.44. The Morgan fingerprint density at radius 3 is 2.75 bits per heavy atom. The first kappa shape index (κ1) is 10.8. The number of hydrogen-bond donors (Lipinski definition) is 1. The Bertz CT molecular complexity index is 483. The maximum atomic E-state index is 5.55. The van der Waals surface area contributed by atoms with Crippen molar-refractivity contribution in [3.05, 3.63) is 18.5 Å². The van der Waals surface area contributed by atoms with Gasteiger partial charge in [-0.1, -0.05) is 11.3 Å². The first-order chi connectivity index (χ1) is 7.65. The molecule has 2 heterocycles. The molecule has 0 radical (unpaired) electrons. The summed E-state index contributed by atoms with van der Waals surface area (Å²) in [4.78, 5) is 4.10. The molecule has 0 atom stereocenters. The molecule has 0 fully saturated rings. The third-order valence-corrected chi connectivity index (χ3v) is 2.57. The van der Waals surface area contributed by atoms with Crippen molar-refractivity contribution < 1.29 is 4.74 Å². The first-order valence-corrected chi connectivity index (χ1v) is 5.68. The lowest BCUT2D eigenvalue weighted by Crippen LogP contribution is -2.05. The van der Waals surface area contributed by atoms with Gasteiger partial charge in [-0.15, -0.1) is 10.2 Å². The zero-order chi connectivity index (χ0) is 11.5. The third kappa shape index (κ3) is 2.46. The van der Waals surface area contributed by atoms with Crippen LogP contribution in [0.5, 0.6) is 5.75 Å². The third-order valence-electron chi connectivity index (χ3n) is 1.77. The summed E-state index contributed by atoms with van der Waals surface area (Å²) in [7, 11) is 0. The normalized spacial score (nSPS) is 10.7. The minimum atomic E-state index is 0.122. The van der Waals surface area contributed by atoms with Gasteiger partial charge >= 0.3 is 0 Å². The van der Waals surface area contributed by atoms with Crippen LogP contribution in [-0.4, -0.2) is 21.3 Å². The topological polar surface area (TPSA) is 73.9 Å². The van der Waals surface area contributed by atoms with E-state index in [-0.39, 0.29) is 6.10 Å². The van der Waals surface area contributed by atoms with Crippen molar-refractivity contribution in [2.75, 3.05) is 5.73 Å². The van der Waals surface area contributed by atoms with Crippen molar-refractivity contribution in [2.24, 2.45) is 0 Å². The van der Waals surface area contributed by atoms with E-state index in [2.05, 4.69) is 15.2 Å². The monoisotopic (exact) mass is 236 g/mol. The molecular formula is C10H12N4OS. The van der Waals surface area contributed by atoms with Crippen molar-refractivity contribution in [1.29, 1.82) is 0 Å². The van der Waals surface area contributed by atoms with Crippen molar-refractivity contribution in [3.8, 4) is 16.3 Å². The number of nitrogens with two attached hydrogens (primary N) is 1. The van der Waals surface area contributed by atoms with Crippen molar-refractivity contribution in [1.82, 2.24) is 15.2 Å². The van der Waals surface area contributed by atoms with E-state index in [4.69, 9.17) is 10.5 Å². The Labute approximate surface area is 97.3 Å². The molecule has 0 aliphatic heterocycles. The molecule has 0 spiro atoms. The average Bonchev–Trinajstić information content (AvgIpc) is 2.64. The van der Waals surface area contributed by atoms with Crippen molar-refractivity contribution in [3.63, 3.8) is 0 Å². The number of nitrogens with zero attached hydrogens (tertiary/aromatic N) is 3. The molecule has 6 heteroatoms. The Balaban J connectivity index is 2.28. The maximum absolute atomic E-state index is 5.55. The lowest BCUT2D eigenvalue weighted by Gasteiger charge is -2.09. The predicted octanol–water partition coefficient (Wildman–Crippen LogP) is 1.97. The molecule has 0 saturated carbocycles. The quantitative estimate of drug-likeness (QED) is 0.881. The van der Waals surface area contributed by atoms with Crippen molar-refractivity contribution in [2.45, 2.75) is 20.0 Å². The highest BCUT2D eigenvalue weighted by atomic mass is 32.1. The van der Waals surface area contributed by atoms with Gasteiger partial charge in [0.25, 0.3) is 0 Å². The molecule has 0 unspecified atom stereocenters. The van der Waals surface area contributed by atoms with E-state index in [1.165, 1.54) is 11.3 Å². The zero-order valence-electron chi connectivity index (χ0n) is 9.04. The van der Waals surface area contributed by atoms with Gasteiger partial charge in [-0.05, 0) is 19.9 Å². The Morgan fingerprint density at radius 1 is 1.31 bits per heavy atom. The lowest BCUT2D eigenvalue weighted by molar-refractivity contribution is 0.241. The molecule has 0 bridgehead atoms. The lowest BCUT2D eigenvalue weighted by atomic mass is 10.3. The summed E-state index contributed by atoms with van der Waals surface area (Å²) in [5.74, 6) is 0.723. The van der Waals surface area contributed by atoms with Crippen LogP contribution in [0.2, 0.25) is 0 Å². The minimum absolute atomic E-state index is 0.122. The summed E-state index contributed by atoms with van der Waals surface area (Å²) in [6, 6.07) is 1.88. The SMILES string of the molecule is CC(C)Oc1cncc(-c2nnc(N)s2)c1. The number of ether oxygens (including phenoxy) is 1. The summed E-state index contributed by atoms with van der Waals surface area (Å²) in [5.41, 5.74) is 6.40. The van der Waals surface area contributed by atoms with Gasteiger partial charge in [-0.25, -0.2) is 0 Å². The molecule has 2 aromatic rings. The fourth-order valence-corrected chi connectivity index (χ4v) is 1.81. The predicted molar refractivity (Wildman–Crippen MR) is 63.3 cm³/mol. The van der Waals surface area contributed by atoms with E-state index in [0.717, 1.165) is 16.3 Å². The minimum Gasteiger partial charge on any atom is -0.489 e. The van der Waals surface area contributed by atoms with Crippen LogP contribution in [0.3, 0.4) is 0 Å². The summed E-state index contributed by atoms with van der Waals surface area (Å²) in [5, 5.41) is 8.91. The highest BCUT2D eigenvalue weighted by Crippen LogP contribution is 2.26. The standard InChI is InChI=1S/C10H12N4OS/c1-6(2)15-8-3-7(4-12-5-8)9-13-14-10(11)16-9/h3-6H,1-2H3,(H2,11,14). The Kier molecular flexibility index (Phi) is 3.00. The fourth-order valence-electron chi connectivity index (χ4n) is 1.22. The molecule has 0 amide bonds. The van der Waals surface area contributed by atoms with Crippen LogP contribution < -0.4 is 10.5 Å². The number of nitrogen functional groups attached to an aromatic ring is 1. The maximum Gasteiger partial charge on any atom is 0.203 e. The number of hydrogen-bond acceptors (Lipinski definition) is 6. The summed E-state index contributed by atoms with van der Waals surface area (Å²) in [6.07, 6.45) is 3.51. The van der Waals surface area contributed by atoms with E-state index in [9.17, 15) is 0 Å². The molecule has 0 saturated heterocycles. The Hall–Kier alpha value is -1.69. The van der Waals surface area contributed by atoms with Gasteiger partial charge in [0.15, 0.2) is 5.01 Å². The van der Waals surface area contributed by atoms with Gasteiger partial charge in [-0.2, -0.15) is 0 Å². The van der Waals surface area contributed by atoms with Crippen LogP contribution in [0.4, 0.5) is 5.13 Å². The van der Waals surface area contributed by atoms with E-state index in [1.807, 2.05) is 19.9 Å². The van der Waals surface area contributed by atoms with Crippen LogP contribution >= 0.6 is 11.3 Å². The molecule has 2 aromatic heterocycles. The smallest absolute Gasteiger partial charge is 0.203 e. The van der Waals surface area contributed by atoms with Crippen LogP contribution in [0, 0.1) is 0 Å². The highest BCUT2D eigenvalue weighted by Gasteiger charge is 2.07. The van der Waals surface area contributed by atoms with Crippen LogP contribution in [0.1, 0.15) is 13.8 Å². The fraction of sp³-hybridized carbons (Fsp3) is 0.300. The number of pyridine rings is 1. The first-order valence-electron chi connectivity index (χ1n) is 4.86. The second-order valence-electron chi connectivity index (χ2n) is 3.52. The summed E-state index contributed by atoms with van der Waals surface area (Å²) in [6.45, 7) is 3.94. The molecule has 0 aliphatic carbocycles. The molecular weight excluding hydrogens is 224 g/mol. The molecule has 5 nitrogen and oxygen atoms in total. The molecule has 0 aliphatic rings. The van der Waals surface area contributed by atoms with Crippen molar-refractivity contribution >= 4 is 16.5 Å².